The minimum absolute atomic E-state index is 0.0361. The van der Waals surface area contributed by atoms with Crippen LogP contribution in [0.1, 0.15) is 21.5 Å². The van der Waals surface area contributed by atoms with Gasteiger partial charge in [-0.25, -0.2) is 0 Å². The number of nitrogens with zero attached hydrogens (tertiary/aromatic N) is 4. The van der Waals surface area contributed by atoms with Crippen LogP contribution in [0.2, 0.25) is 0 Å². The number of amides is 1. The van der Waals surface area contributed by atoms with Gasteiger partial charge in [0.05, 0.1) is 28.9 Å². The minimum atomic E-state index is -0.0361. The zero-order chi connectivity index (χ0) is 18.5. The lowest BCUT2D eigenvalue weighted by molar-refractivity contribution is 0.0733. The fourth-order valence-electron chi connectivity index (χ4n) is 2.80. The third-order valence-electron chi connectivity index (χ3n) is 4.27. The number of para-hydroxylation sites is 1. The van der Waals surface area contributed by atoms with Gasteiger partial charge in [0.25, 0.3) is 5.91 Å². The molecule has 1 aromatic heterocycles. The Balaban J connectivity index is 1.88. The van der Waals surface area contributed by atoms with Gasteiger partial charge in [0.15, 0.2) is 0 Å². The van der Waals surface area contributed by atoms with Gasteiger partial charge in [-0.15, -0.1) is 0 Å². The lowest BCUT2D eigenvalue weighted by Crippen LogP contribution is -2.36. The predicted octanol–water partition coefficient (Wildman–Crippen LogP) is 2.64. The molecule has 0 fully saturated rings. The van der Waals surface area contributed by atoms with Crippen LogP contribution in [-0.4, -0.2) is 53.1 Å². The maximum atomic E-state index is 13.2. The van der Waals surface area contributed by atoms with Crippen LogP contribution in [0.3, 0.4) is 0 Å². The summed E-state index contributed by atoms with van der Waals surface area (Å²) < 4.78 is 0. The molecule has 3 aromatic rings. The van der Waals surface area contributed by atoms with E-state index in [0.29, 0.717) is 24.2 Å². The molecule has 1 amide bonds. The molecule has 0 saturated heterocycles. The number of aromatic nitrogens is 2. The number of benzene rings is 2. The summed E-state index contributed by atoms with van der Waals surface area (Å²) in [7, 11) is 3.97. The van der Waals surface area contributed by atoms with Crippen molar-refractivity contribution in [2.75, 3.05) is 27.2 Å². The second kappa shape index (κ2) is 7.81. The highest BCUT2D eigenvalue weighted by Crippen LogP contribution is 2.19. The van der Waals surface area contributed by atoms with Gasteiger partial charge >= 0.3 is 0 Å². The molecule has 132 valence electrons. The van der Waals surface area contributed by atoms with Crippen LogP contribution in [0.25, 0.3) is 10.9 Å². The molecule has 0 spiro atoms. The van der Waals surface area contributed by atoms with E-state index in [9.17, 15) is 4.79 Å². The van der Waals surface area contributed by atoms with E-state index in [2.05, 4.69) is 21.2 Å². The average Bonchev–Trinajstić information content (AvgIpc) is 3.13. The Morgan fingerprint density at radius 1 is 1.15 bits per heavy atom. The summed E-state index contributed by atoms with van der Waals surface area (Å²) in [5.74, 6) is -0.0361. The lowest BCUT2D eigenvalue weighted by atomic mass is 10.1. The Morgan fingerprint density at radius 2 is 1.92 bits per heavy atom. The van der Waals surface area contributed by atoms with Crippen molar-refractivity contribution in [3.63, 3.8) is 0 Å². The summed E-state index contributed by atoms with van der Waals surface area (Å²) in [5, 5.41) is 16.8. The van der Waals surface area contributed by atoms with E-state index in [1.165, 1.54) is 0 Å². The van der Waals surface area contributed by atoms with E-state index < -0.39 is 0 Å². The maximum Gasteiger partial charge on any atom is 0.256 e. The van der Waals surface area contributed by atoms with Crippen LogP contribution >= 0.6 is 0 Å². The van der Waals surface area contributed by atoms with Crippen LogP contribution in [-0.2, 0) is 6.54 Å². The molecule has 1 N–H and O–H groups in total. The molecule has 0 aliphatic heterocycles. The molecule has 0 aliphatic rings. The number of carbonyl (C=O) groups is 1. The number of H-pyrrole nitrogens is 1. The third-order valence-corrected chi connectivity index (χ3v) is 4.27. The number of nitriles is 1. The largest absolute Gasteiger partial charge is 0.333 e. The maximum absolute atomic E-state index is 13.2. The zero-order valence-electron chi connectivity index (χ0n) is 14.9. The van der Waals surface area contributed by atoms with Gasteiger partial charge in [0.1, 0.15) is 0 Å². The molecule has 6 heteroatoms. The highest BCUT2D eigenvalue weighted by Gasteiger charge is 2.19. The number of nitrogens with one attached hydrogen (secondary N) is 1. The first kappa shape index (κ1) is 17.6. The molecule has 6 nitrogen and oxygen atoms in total. The van der Waals surface area contributed by atoms with Crippen LogP contribution in [0, 0.1) is 11.3 Å². The molecular formula is C20H21N5O. The molecule has 0 bridgehead atoms. The second-order valence-electron chi connectivity index (χ2n) is 6.48. The number of hydrogen-bond acceptors (Lipinski definition) is 4. The highest BCUT2D eigenvalue weighted by atomic mass is 16.2. The number of likely N-dealkylation sites (N-methyl/N-ethyl adjacent to an activating group) is 1. The molecule has 1 heterocycles. The Labute approximate surface area is 152 Å². The van der Waals surface area contributed by atoms with Crippen molar-refractivity contribution < 1.29 is 4.79 Å². The smallest absolute Gasteiger partial charge is 0.256 e. The quantitative estimate of drug-likeness (QED) is 0.744. The van der Waals surface area contributed by atoms with E-state index in [1.807, 2.05) is 49.3 Å². The van der Waals surface area contributed by atoms with E-state index in [0.717, 1.165) is 23.0 Å². The summed E-state index contributed by atoms with van der Waals surface area (Å²) in [6.07, 6.45) is 1.72. The fourth-order valence-corrected chi connectivity index (χ4v) is 2.80. The number of aromatic amines is 1. The van der Waals surface area contributed by atoms with Crippen LogP contribution in [0.15, 0.2) is 48.7 Å². The molecule has 3 rings (SSSR count). The van der Waals surface area contributed by atoms with E-state index in [4.69, 9.17) is 5.26 Å². The normalized spacial score (nSPS) is 10.8. The fraction of sp³-hybridized carbons (Fsp3) is 0.250. The van der Waals surface area contributed by atoms with Crippen molar-refractivity contribution >= 4 is 16.8 Å². The number of hydrogen-bond donors (Lipinski definition) is 1. The van der Waals surface area contributed by atoms with Crippen LogP contribution < -0.4 is 0 Å². The standard InChI is InChI=1S/C20H21N5O/c1-24(2)10-11-25(14-16-8-6-15(12-21)7-9-16)20(26)18-5-3-4-17-13-22-23-19(17)18/h3-9,13H,10-11,14H2,1-2H3,(H,22,23). The van der Waals surface area contributed by atoms with Crippen LogP contribution in [0.5, 0.6) is 0 Å². The minimum Gasteiger partial charge on any atom is -0.333 e. The van der Waals surface area contributed by atoms with Crippen molar-refractivity contribution in [2.24, 2.45) is 0 Å². The molecule has 0 saturated carbocycles. The Hall–Kier alpha value is -3.17. The predicted molar refractivity (Wildman–Crippen MR) is 101 cm³/mol. The third kappa shape index (κ3) is 3.90. The molecule has 2 aromatic carbocycles. The van der Waals surface area contributed by atoms with E-state index in [1.54, 1.807) is 18.3 Å². The average molecular weight is 347 g/mol. The molecular weight excluding hydrogens is 326 g/mol. The van der Waals surface area contributed by atoms with Crippen molar-refractivity contribution in [3.8, 4) is 6.07 Å². The topological polar surface area (TPSA) is 76.0 Å². The molecule has 0 radical (unpaired) electrons. The van der Waals surface area contributed by atoms with Gasteiger partial charge in [-0.3, -0.25) is 9.89 Å². The van der Waals surface area contributed by atoms with Gasteiger partial charge in [0.2, 0.25) is 0 Å². The molecule has 0 atom stereocenters. The zero-order valence-corrected chi connectivity index (χ0v) is 14.9. The number of carbonyl (C=O) groups excluding carboxylic acids is 1. The summed E-state index contributed by atoms with van der Waals surface area (Å²) in [6.45, 7) is 1.86. The second-order valence-corrected chi connectivity index (χ2v) is 6.48. The van der Waals surface area contributed by atoms with Gasteiger partial charge in [-0.05, 0) is 37.9 Å². The van der Waals surface area contributed by atoms with E-state index in [-0.39, 0.29) is 5.91 Å². The number of rotatable bonds is 6. The Kier molecular flexibility index (Phi) is 5.30. The first-order chi connectivity index (χ1) is 12.6. The lowest BCUT2D eigenvalue weighted by Gasteiger charge is -2.25. The summed E-state index contributed by atoms with van der Waals surface area (Å²) in [4.78, 5) is 17.1. The molecule has 0 unspecified atom stereocenters. The van der Waals surface area contributed by atoms with Crippen molar-refractivity contribution in [2.45, 2.75) is 6.54 Å². The van der Waals surface area contributed by atoms with Crippen molar-refractivity contribution in [1.82, 2.24) is 20.0 Å². The number of fused-ring (bicyclic) bond motifs is 1. The van der Waals surface area contributed by atoms with Crippen LogP contribution in [0.4, 0.5) is 0 Å². The summed E-state index contributed by atoms with van der Waals surface area (Å²) >= 11 is 0. The SMILES string of the molecule is CN(C)CCN(Cc1ccc(C#N)cc1)C(=O)c1cccc2cn[nH]c12. The van der Waals surface area contributed by atoms with Gasteiger partial charge in [-0.1, -0.05) is 24.3 Å². The van der Waals surface area contributed by atoms with Gasteiger partial charge < -0.3 is 9.80 Å². The van der Waals surface area contributed by atoms with Crippen molar-refractivity contribution in [3.05, 3.63) is 65.4 Å². The summed E-state index contributed by atoms with van der Waals surface area (Å²) in [6, 6.07) is 15.1. The molecule has 26 heavy (non-hydrogen) atoms. The highest BCUT2D eigenvalue weighted by molar-refractivity contribution is 6.05. The van der Waals surface area contributed by atoms with E-state index >= 15 is 0 Å². The van der Waals surface area contributed by atoms with Crippen molar-refractivity contribution in [1.29, 1.82) is 5.26 Å². The Bertz CT molecular complexity index is 937. The first-order valence-corrected chi connectivity index (χ1v) is 8.43. The summed E-state index contributed by atoms with van der Waals surface area (Å²) in [5.41, 5.74) is 2.98. The monoisotopic (exact) mass is 347 g/mol. The Morgan fingerprint density at radius 3 is 2.62 bits per heavy atom. The van der Waals surface area contributed by atoms with Gasteiger partial charge in [0, 0.05) is 25.0 Å². The molecule has 0 aliphatic carbocycles. The first-order valence-electron chi connectivity index (χ1n) is 8.43. The van der Waals surface area contributed by atoms with Gasteiger partial charge in [-0.2, -0.15) is 10.4 Å².